The van der Waals surface area contributed by atoms with Crippen molar-refractivity contribution in [3.8, 4) is 5.75 Å². The van der Waals surface area contributed by atoms with E-state index >= 15 is 0 Å². The third kappa shape index (κ3) is 4.25. The van der Waals surface area contributed by atoms with Gasteiger partial charge in [-0.2, -0.15) is 0 Å². The zero-order valence-corrected chi connectivity index (χ0v) is 11.1. The number of hydrogen-bond donors (Lipinski definition) is 3. The molecule has 0 saturated carbocycles. The van der Waals surface area contributed by atoms with E-state index < -0.39 is 17.4 Å². The number of hydrogen-bond acceptors (Lipinski definition) is 3. The van der Waals surface area contributed by atoms with Crippen molar-refractivity contribution >= 4 is 29.1 Å². The van der Waals surface area contributed by atoms with Gasteiger partial charge in [0, 0.05) is 10.6 Å². The molecule has 0 aliphatic heterocycles. The Morgan fingerprint density at radius 3 is 2.39 bits per heavy atom. The van der Waals surface area contributed by atoms with Crippen LogP contribution in [0.3, 0.4) is 0 Å². The molecule has 5 nitrogen and oxygen atoms in total. The summed E-state index contributed by atoms with van der Waals surface area (Å²) in [5, 5.41) is 14.6. The van der Waals surface area contributed by atoms with Gasteiger partial charge in [-0.25, -0.2) is 0 Å². The minimum absolute atomic E-state index is 0.0940. The summed E-state index contributed by atoms with van der Waals surface area (Å²) in [4.78, 5) is 23.1. The van der Waals surface area contributed by atoms with Crippen LogP contribution in [-0.2, 0) is 9.59 Å². The highest BCUT2D eigenvalue weighted by molar-refractivity contribution is 6.40. The quantitative estimate of drug-likeness (QED) is 0.539. The molecule has 0 aliphatic carbocycles. The largest absolute Gasteiger partial charge is 0.506 e. The molecule has 0 atom stereocenters. The summed E-state index contributed by atoms with van der Waals surface area (Å²) < 4.78 is 0. The SMILES string of the molecule is CC(C)(C)NC(=O)C(=O)Nc1cc(Cl)ccc1O. The summed E-state index contributed by atoms with van der Waals surface area (Å²) in [7, 11) is 0. The van der Waals surface area contributed by atoms with E-state index in [1.54, 1.807) is 20.8 Å². The molecule has 0 fully saturated rings. The average Bonchev–Trinajstić information content (AvgIpc) is 2.21. The van der Waals surface area contributed by atoms with Crippen molar-refractivity contribution in [2.45, 2.75) is 26.3 Å². The number of carbonyl (C=O) groups excluding carboxylic acids is 2. The zero-order valence-electron chi connectivity index (χ0n) is 10.4. The Morgan fingerprint density at radius 2 is 1.83 bits per heavy atom. The molecule has 98 valence electrons. The van der Waals surface area contributed by atoms with Gasteiger partial charge in [0.25, 0.3) is 0 Å². The van der Waals surface area contributed by atoms with Gasteiger partial charge >= 0.3 is 11.8 Å². The molecule has 0 saturated heterocycles. The van der Waals surface area contributed by atoms with E-state index in [2.05, 4.69) is 10.6 Å². The van der Waals surface area contributed by atoms with Gasteiger partial charge in [-0.05, 0) is 39.0 Å². The molecule has 0 aliphatic rings. The van der Waals surface area contributed by atoms with E-state index in [-0.39, 0.29) is 11.4 Å². The minimum atomic E-state index is -0.859. The van der Waals surface area contributed by atoms with Gasteiger partial charge in [0.05, 0.1) is 5.69 Å². The van der Waals surface area contributed by atoms with E-state index in [1.165, 1.54) is 18.2 Å². The van der Waals surface area contributed by atoms with Gasteiger partial charge in [0.1, 0.15) is 5.75 Å². The second-order valence-electron chi connectivity index (χ2n) is 4.82. The zero-order chi connectivity index (χ0) is 13.9. The third-order valence-corrected chi connectivity index (χ3v) is 2.14. The molecule has 0 spiro atoms. The molecule has 0 radical (unpaired) electrons. The van der Waals surface area contributed by atoms with E-state index in [4.69, 9.17) is 11.6 Å². The number of aromatic hydroxyl groups is 1. The van der Waals surface area contributed by atoms with E-state index in [9.17, 15) is 14.7 Å². The molecule has 0 bridgehead atoms. The Morgan fingerprint density at radius 1 is 1.22 bits per heavy atom. The average molecular weight is 271 g/mol. The summed E-state index contributed by atoms with van der Waals surface area (Å²) in [6.45, 7) is 5.28. The number of carbonyl (C=O) groups is 2. The van der Waals surface area contributed by atoms with Gasteiger partial charge in [0.15, 0.2) is 0 Å². The lowest BCUT2D eigenvalue weighted by Crippen LogP contribution is -2.46. The first kappa shape index (κ1) is 14.3. The molecular formula is C12H15ClN2O3. The Labute approximate surface area is 110 Å². The van der Waals surface area contributed by atoms with Crippen molar-refractivity contribution in [1.29, 1.82) is 0 Å². The molecular weight excluding hydrogens is 256 g/mol. The van der Waals surface area contributed by atoms with Crippen LogP contribution in [0.25, 0.3) is 0 Å². The minimum Gasteiger partial charge on any atom is -0.506 e. The fraction of sp³-hybridized carbons (Fsp3) is 0.333. The number of nitrogens with one attached hydrogen (secondary N) is 2. The topological polar surface area (TPSA) is 78.4 Å². The van der Waals surface area contributed by atoms with Gasteiger partial charge in [-0.1, -0.05) is 11.6 Å². The fourth-order valence-electron chi connectivity index (χ4n) is 1.18. The smallest absolute Gasteiger partial charge is 0.313 e. The number of halogens is 1. The summed E-state index contributed by atoms with van der Waals surface area (Å²) in [5.41, 5.74) is -0.415. The monoisotopic (exact) mass is 270 g/mol. The standard InChI is InChI=1S/C12H15ClN2O3/c1-12(2,3)15-11(18)10(17)14-8-6-7(13)4-5-9(8)16/h4-6,16H,1-3H3,(H,14,17)(H,15,18). The Kier molecular flexibility index (Phi) is 4.19. The summed E-state index contributed by atoms with van der Waals surface area (Å²) in [6, 6.07) is 4.17. The lowest BCUT2D eigenvalue weighted by atomic mass is 10.1. The van der Waals surface area contributed by atoms with Gasteiger partial charge in [0.2, 0.25) is 0 Å². The van der Waals surface area contributed by atoms with Crippen LogP contribution in [0.2, 0.25) is 5.02 Å². The molecule has 2 amide bonds. The van der Waals surface area contributed by atoms with Crippen LogP contribution in [0.15, 0.2) is 18.2 Å². The maximum absolute atomic E-state index is 11.6. The fourth-order valence-corrected chi connectivity index (χ4v) is 1.36. The molecule has 1 rings (SSSR count). The van der Waals surface area contributed by atoms with Crippen LogP contribution in [-0.4, -0.2) is 22.5 Å². The number of amides is 2. The lowest BCUT2D eigenvalue weighted by Gasteiger charge is -2.20. The highest BCUT2D eigenvalue weighted by Crippen LogP contribution is 2.26. The first-order valence-corrected chi connectivity index (χ1v) is 5.69. The van der Waals surface area contributed by atoms with E-state index in [0.717, 1.165) is 0 Å². The van der Waals surface area contributed by atoms with Crippen molar-refractivity contribution < 1.29 is 14.7 Å². The van der Waals surface area contributed by atoms with Crippen molar-refractivity contribution in [3.05, 3.63) is 23.2 Å². The van der Waals surface area contributed by atoms with Crippen LogP contribution in [0, 0.1) is 0 Å². The lowest BCUT2D eigenvalue weighted by molar-refractivity contribution is -0.137. The maximum Gasteiger partial charge on any atom is 0.313 e. The molecule has 1 aromatic rings. The van der Waals surface area contributed by atoms with Crippen LogP contribution in [0.5, 0.6) is 5.75 Å². The summed E-state index contributed by atoms with van der Waals surface area (Å²) in [5.74, 6) is -1.79. The third-order valence-electron chi connectivity index (χ3n) is 1.90. The summed E-state index contributed by atoms with van der Waals surface area (Å²) in [6.07, 6.45) is 0. The van der Waals surface area contributed by atoms with Crippen molar-refractivity contribution in [3.63, 3.8) is 0 Å². The van der Waals surface area contributed by atoms with E-state index in [1.807, 2.05) is 0 Å². The number of benzene rings is 1. The predicted octanol–water partition coefficient (Wildman–Crippen LogP) is 1.90. The first-order valence-electron chi connectivity index (χ1n) is 5.31. The van der Waals surface area contributed by atoms with Crippen LogP contribution in [0.1, 0.15) is 20.8 Å². The Balaban J connectivity index is 2.76. The predicted molar refractivity (Wildman–Crippen MR) is 69.6 cm³/mol. The number of anilines is 1. The van der Waals surface area contributed by atoms with E-state index in [0.29, 0.717) is 5.02 Å². The highest BCUT2D eigenvalue weighted by Gasteiger charge is 2.21. The van der Waals surface area contributed by atoms with Gasteiger partial charge < -0.3 is 15.7 Å². The second-order valence-corrected chi connectivity index (χ2v) is 5.26. The molecule has 1 aromatic carbocycles. The number of phenols is 1. The van der Waals surface area contributed by atoms with Crippen molar-refractivity contribution in [1.82, 2.24) is 5.32 Å². The van der Waals surface area contributed by atoms with Crippen LogP contribution >= 0.6 is 11.6 Å². The molecule has 6 heteroatoms. The Bertz CT molecular complexity index is 481. The normalized spacial score (nSPS) is 10.9. The molecule has 18 heavy (non-hydrogen) atoms. The van der Waals surface area contributed by atoms with Gasteiger partial charge in [-0.3, -0.25) is 9.59 Å². The molecule has 0 unspecified atom stereocenters. The van der Waals surface area contributed by atoms with Gasteiger partial charge in [-0.15, -0.1) is 0 Å². The highest BCUT2D eigenvalue weighted by atomic mass is 35.5. The number of rotatable bonds is 1. The maximum atomic E-state index is 11.6. The van der Waals surface area contributed by atoms with Crippen molar-refractivity contribution in [2.75, 3.05) is 5.32 Å². The Hall–Kier alpha value is -1.75. The second kappa shape index (κ2) is 5.27. The first-order chi connectivity index (χ1) is 8.19. The molecule has 3 N–H and O–H groups in total. The molecule has 0 aromatic heterocycles. The van der Waals surface area contributed by atoms with Crippen molar-refractivity contribution in [2.24, 2.45) is 0 Å². The summed E-state index contributed by atoms with van der Waals surface area (Å²) >= 11 is 5.72. The number of phenolic OH excluding ortho intramolecular Hbond substituents is 1. The van der Waals surface area contributed by atoms with Crippen LogP contribution < -0.4 is 10.6 Å². The molecule has 0 heterocycles. The van der Waals surface area contributed by atoms with Crippen LogP contribution in [0.4, 0.5) is 5.69 Å².